The van der Waals surface area contributed by atoms with Gasteiger partial charge in [0.2, 0.25) is 5.89 Å². The minimum atomic E-state index is -3.69. The molecule has 0 saturated carbocycles. The first-order valence-corrected chi connectivity index (χ1v) is 9.70. The molecule has 1 unspecified atom stereocenters. The molecule has 7 heteroatoms. The first kappa shape index (κ1) is 17.7. The number of rotatable bonds is 3. The standard InChI is InChI=1S/C18H23N3O3S/c1-11-7-8-13-14(24-17(20-13)18(3,4)5)15(11)25(22,23)12(2)16-19-9-10-21(16)6/h7-10,12H,1-6H3. The van der Waals surface area contributed by atoms with E-state index in [1.807, 2.05) is 20.8 Å². The fourth-order valence-electron chi connectivity index (χ4n) is 2.83. The largest absolute Gasteiger partial charge is 0.439 e. The lowest BCUT2D eigenvalue weighted by molar-refractivity contribution is 0.408. The third kappa shape index (κ3) is 2.86. The highest BCUT2D eigenvalue weighted by Gasteiger charge is 2.33. The van der Waals surface area contributed by atoms with Crippen molar-refractivity contribution in [2.75, 3.05) is 0 Å². The number of oxazole rings is 1. The van der Waals surface area contributed by atoms with Crippen LogP contribution in [0.3, 0.4) is 0 Å². The Morgan fingerprint density at radius 2 is 1.92 bits per heavy atom. The van der Waals surface area contributed by atoms with Gasteiger partial charge in [0, 0.05) is 24.9 Å². The van der Waals surface area contributed by atoms with Crippen LogP contribution in [0, 0.1) is 6.92 Å². The molecule has 25 heavy (non-hydrogen) atoms. The van der Waals surface area contributed by atoms with Crippen molar-refractivity contribution in [3.63, 3.8) is 0 Å². The summed E-state index contributed by atoms with van der Waals surface area (Å²) in [6.07, 6.45) is 3.34. The summed E-state index contributed by atoms with van der Waals surface area (Å²) in [5.74, 6) is 1.01. The van der Waals surface area contributed by atoms with Gasteiger partial charge in [0.25, 0.3) is 0 Å². The van der Waals surface area contributed by atoms with Crippen LogP contribution < -0.4 is 0 Å². The highest BCUT2D eigenvalue weighted by atomic mass is 32.2. The third-order valence-corrected chi connectivity index (χ3v) is 6.54. The predicted molar refractivity (Wildman–Crippen MR) is 96.3 cm³/mol. The molecule has 0 aliphatic carbocycles. The van der Waals surface area contributed by atoms with Crippen molar-refractivity contribution < 1.29 is 12.8 Å². The smallest absolute Gasteiger partial charge is 0.200 e. The van der Waals surface area contributed by atoms with E-state index in [1.54, 1.807) is 50.0 Å². The zero-order chi connectivity index (χ0) is 18.6. The molecular weight excluding hydrogens is 338 g/mol. The van der Waals surface area contributed by atoms with Crippen LogP contribution in [0.25, 0.3) is 11.1 Å². The van der Waals surface area contributed by atoms with Crippen LogP contribution in [0.2, 0.25) is 0 Å². The van der Waals surface area contributed by atoms with Gasteiger partial charge in [-0.15, -0.1) is 0 Å². The fourth-order valence-corrected chi connectivity index (χ4v) is 4.60. The van der Waals surface area contributed by atoms with Gasteiger partial charge in [-0.2, -0.15) is 0 Å². The quantitative estimate of drug-likeness (QED) is 0.711. The normalized spacial score (nSPS) is 14.2. The average molecular weight is 361 g/mol. The Morgan fingerprint density at radius 3 is 2.48 bits per heavy atom. The molecule has 1 atom stereocenters. The topological polar surface area (TPSA) is 78.0 Å². The summed E-state index contributed by atoms with van der Waals surface area (Å²) in [6.45, 7) is 9.37. The number of nitrogens with zero attached hydrogens (tertiary/aromatic N) is 3. The summed E-state index contributed by atoms with van der Waals surface area (Å²) < 4.78 is 34.3. The second-order valence-electron chi connectivity index (χ2n) is 7.41. The van der Waals surface area contributed by atoms with Gasteiger partial charge in [-0.3, -0.25) is 0 Å². The summed E-state index contributed by atoms with van der Waals surface area (Å²) in [5, 5.41) is -0.792. The maximum atomic E-state index is 13.3. The van der Waals surface area contributed by atoms with Gasteiger partial charge in [-0.25, -0.2) is 18.4 Å². The van der Waals surface area contributed by atoms with Gasteiger partial charge >= 0.3 is 0 Å². The van der Waals surface area contributed by atoms with Crippen LogP contribution in [0.5, 0.6) is 0 Å². The highest BCUT2D eigenvalue weighted by molar-refractivity contribution is 7.92. The van der Waals surface area contributed by atoms with Crippen molar-refractivity contribution in [1.29, 1.82) is 0 Å². The van der Waals surface area contributed by atoms with Crippen LogP contribution in [-0.4, -0.2) is 23.0 Å². The fraction of sp³-hybridized carbons (Fsp3) is 0.444. The average Bonchev–Trinajstić information content (AvgIpc) is 3.11. The molecule has 0 saturated heterocycles. The van der Waals surface area contributed by atoms with E-state index in [4.69, 9.17) is 4.42 Å². The molecule has 3 rings (SSSR count). The molecule has 134 valence electrons. The lowest BCUT2D eigenvalue weighted by Gasteiger charge is -2.15. The summed E-state index contributed by atoms with van der Waals surface area (Å²) in [7, 11) is -1.91. The summed E-state index contributed by atoms with van der Waals surface area (Å²) in [5.41, 5.74) is 1.22. The van der Waals surface area contributed by atoms with Gasteiger partial charge in [0.1, 0.15) is 21.5 Å². The van der Waals surface area contributed by atoms with E-state index in [0.29, 0.717) is 28.4 Å². The molecule has 0 fully saturated rings. The number of sulfone groups is 1. The molecule has 2 aromatic heterocycles. The van der Waals surface area contributed by atoms with E-state index in [9.17, 15) is 8.42 Å². The number of fused-ring (bicyclic) bond motifs is 1. The molecule has 0 N–H and O–H groups in total. The molecule has 0 amide bonds. The molecule has 0 aliphatic heterocycles. The van der Waals surface area contributed by atoms with Gasteiger partial charge in [-0.1, -0.05) is 26.8 Å². The van der Waals surface area contributed by atoms with Gasteiger partial charge in [0.15, 0.2) is 15.4 Å². The SMILES string of the molecule is Cc1ccc2nc(C(C)(C)C)oc2c1S(=O)(=O)C(C)c1nccn1C. The van der Waals surface area contributed by atoms with E-state index in [2.05, 4.69) is 9.97 Å². The van der Waals surface area contributed by atoms with E-state index in [1.165, 1.54) is 0 Å². The third-order valence-electron chi connectivity index (χ3n) is 4.32. The lowest BCUT2D eigenvalue weighted by atomic mass is 9.97. The summed E-state index contributed by atoms with van der Waals surface area (Å²) in [4.78, 5) is 8.88. The molecule has 1 aromatic carbocycles. The molecule has 0 radical (unpaired) electrons. The van der Waals surface area contributed by atoms with Gasteiger partial charge in [0.05, 0.1) is 0 Å². The van der Waals surface area contributed by atoms with Gasteiger partial charge < -0.3 is 8.98 Å². The van der Waals surface area contributed by atoms with E-state index in [0.717, 1.165) is 0 Å². The molecule has 0 spiro atoms. The number of imidazole rings is 1. The molecule has 0 bridgehead atoms. The zero-order valence-electron chi connectivity index (χ0n) is 15.4. The van der Waals surface area contributed by atoms with Crippen molar-refractivity contribution in [3.8, 4) is 0 Å². The van der Waals surface area contributed by atoms with Crippen molar-refractivity contribution >= 4 is 20.9 Å². The zero-order valence-corrected chi connectivity index (χ0v) is 16.2. The molecule has 0 aliphatic rings. The molecule has 2 heterocycles. The number of hydrogen-bond acceptors (Lipinski definition) is 5. The van der Waals surface area contributed by atoms with Crippen molar-refractivity contribution in [2.24, 2.45) is 7.05 Å². The Hall–Kier alpha value is -2.15. The highest BCUT2D eigenvalue weighted by Crippen LogP contribution is 2.36. The summed E-state index contributed by atoms with van der Waals surface area (Å²) >= 11 is 0. The second-order valence-corrected chi connectivity index (χ2v) is 9.62. The number of hydrogen-bond donors (Lipinski definition) is 0. The van der Waals surface area contributed by atoms with Crippen LogP contribution in [0.15, 0.2) is 33.8 Å². The Balaban J connectivity index is 2.25. The molecule has 6 nitrogen and oxygen atoms in total. The maximum Gasteiger partial charge on any atom is 0.200 e. The monoisotopic (exact) mass is 361 g/mol. The lowest BCUT2D eigenvalue weighted by Crippen LogP contribution is -2.16. The first-order valence-electron chi connectivity index (χ1n) is 8.15. The Labute approximate surface area is 147 Å². The number of aryl methyl sites for hydroxylation is 2. The Morgan fingerprint density at radius 1 is 1.24 bits per heavy atom. The van der Waals surface area contributed by atoms with E-state index in [-0.39, 0.29) is 10.3 Å². The maximum absolute atomic E-state index is 13.3. The van der Waals surface area contributed by atoms with E-state index >= 15 is 0 Å². The van der Waals surface area contributed by atoms with Crippen LogP contribution in [-0.2, 0) is 22.3 Å². The van der Waals surface area contributed by atoms with Crippen molar-refractivity contribution in [2.45, 2.75) is 50.2 Å². The number of aromatic nitrogens is 3. The molecule has 3 aromatic rings. The Kier molecular flexibility index (Phi) is 4.02. The first-order chi connectivity index (χ1) is 11.5. The van der Waals surface area contributed by atoms with E-state index < -0.39 is 15.1 Å². The molecular formula is C18H23N3O3S. The second kappa shape index (κ2) is 5.69. The van der Waals surface area contributed by atoms with Crippen molar-refractivity contribution in [3.05, 3.63) is 41.8 Å². The van der Waals surface area contributed by atoms with Crippen molar-refractivity contribution in [1.82, 2.24) is 14.5 Å². The summed E-state index contributed by atoms with van der Waals surface area (Å²) in [6, 6.07) is 3.57. The minimum absolute atomic E-state index is 0.198. The van der Waals surface area contributed by atoms with Crippen LogP contribution in [0.1, 0.15) is 50.2 Å². The number of benzene rings is 1. The van der Waals surface area contributed by atoms with Gasteiger partial charge in [-0.05, 0) is 25.5 Å². The van der Waals surface area contributed by atoms with Crippen LogP contribution in [0.4, 0.5) is 0 Å². The predicted octanol–water partition coefficient (Wildman–Crippen LogP) is 3.70. The minimum Gasteiger partial charge on any atom is -0.439 e. The Bertz CT molecular complexity index is 1040. The van der Waals surface area contributed by atoms with Crippen LogP contribution >= 0.6 is 0 Å².